The normalized spacial score (nSPS) is 14.6. The first kappa shape index (κ1) is 21.6. The third-order valence-corrected chi connectivity index (χ3v) is 3.90. The van der Waals surface area contributed by atoms with E-state index in [4.69, 9.17) is 9.47 Å². The monoisotopic (exact) mass is 346 g/mol. The molecule has 0 saturated carbocycles. The molecule has 3 nitrogen and oxygen atoms in total. The van der Waals surface area contributed by atoms with Crippen molar-refractivity contribution in [2.75, 3.05) is 6.61 Å². The predicted octanol–water partition coefficient (Wildman–Crippen LogP) is 5.34. The number of benzene rings is 1. The average Bonchev–Trinajstić information content (AvgIpc) is 2.57. The Kier molecular flexibility index (Phi) is 9.69. The molecule has 0 aliphatic rings. The first-order valence-electron chi connectivity index (χ1n) is 9.30. The zero-order valence-corrected chi connectivity index (χ0v) is 16.5. The highest BCUT2D eigenvalue weighted by molar-refractivity contribution is 5.89. The number of ether oxygens (including phenoxy) is 2. The minimum atomic E-state index is -0.193. The maximum absolute atomic E-state index is 11.4. The number of ketones is 1. The first-order chi connectivity index (χ1) is 11.8. The van der Waals surface area contributed by atoms with Gasteiger partial charge in [0.2, 0.25) is 0 Å². The summed E-state index contributed by atoms with van der Waals surface area (Å²) in [5, 5.41) is 0. The quantitative estimate of drug-likeness (QED) is 0.507. The fourth-order valence-corrected chi connectivity index (χ4v) is 2.55. The minimum Gasteiger partial charge on any atom is -0.376 e. The van der Waals surface area contributed by atoms with Gasteiger partial charge in [-0.15, -0.1) is 0 Å². The van der Waals surface area contributed by atoms with Gasteiger partial charge >= 0.3 is 0 Å². The number of hydrogen-bond donors (Lipinski definition) is 0. The van der Waals surface area contributed by atoms with Gasteiger partial charge in [0.05, 0.1) is 24.9 Å². The number of rotatable bonds is 11. The first-order valence-corrected chi connectivity index (χ1v) is 9.30. The molecule has 0 saturated heterocycles. The SMILES string of the molecule is CCC(=O)/C=C/CC[C@H](OC(C)(C)C)[C@H](C)COCc1ccccc1. The van der Waals surface area contributed by atoms with E-state index >= 15 is 0 Å². The van der Waals surface area contributed by atoms with Crippen LogP contribution in [0.5, 0.6) is 0 Å². The molecule has 0 aliphatic heterocycles. The summed E-state index contributed by atoms with van der Waals surface area (Å²) in [6, 6.07) is 10.2. The van der Waals surface area contributed by atoms with Crippen LogP contribution in [0.15, 0.2) is 42.5 Å². The van der Waals surface area contributed by atoms with Crippen molar-refractivity contribution >= 4 is 5.78 Å². The maximum Gasteiger partial charge on any atom is 0.155 e. The number of carbonyl (C=O) groups is 1. The Morgan fingerprint density at radius 1 is 1.20 bits per heavy atom. The van der Waals surface area contributed by atoms with Crippen molar-refractivity contribution in [1.29, 1.82) is 0 Å². The summed E-state index contributed by atoms with van der Waals surface area (Å²) < 4.78 is 12.1. The van der Waals surface area contributed by atoms with Crippen molar-refractivity contribution < 1.29 is 14.3 Å². The molecule has 0 heterocycles. The van der Waals surface area contributed by atoms with Crippen molar-refractivity contribution in [3.63, 3.8) is 0 Å². The highest BCUT2D eigenvalue weighted by Gasteiger charge is 2.23. The van der Waals surface area contributed by atoms with E-state index in [1.54, 1.807) is 6.08 Å². The highest BCUT2D eigenvalue weighted by Crippen LogP contribution is 2.22. The lowest BCUT2D eigenvalue weighted by molar-refractivity contribution is -0.114. The topological polar surface area (TPSA) is 35.5 Å². The van der Waals surface area contributed by atoms with Crippen molar-refractivity contribution in [3.05, 3.63) is 48.0 Å². The van der Waals surface area contributed by atoms with Crippen LogP contribution in [0.1, 0.15) is 59.4 Å². The van der Waals surface area contributed by atoms with E-state index in [1.165, 1.54) is 5.56 Å². The Bertz CT molecular complexity index is 514. The van der Waals surface area contributed by atoms with E-state index < -0.39 is 0 Å². The van der Waals surface area contributed by atoms with Crippen LogP contribution < -0.4 is 0 Å². The molecule has 1 aromatic carbocycles. The fourth-order valence-electron chi connectivity index (χ4n) is 2.55. The molecule has 25 heavy (non-hydrogen) atoms. The average molecular weight is 347 g/mol. The van der Waals surface area contributed by atoms with Crippen LogP contribution in [0.2, 0.25) is 0 Å². The largest absolute Gasteiger partial charge is 0.376 e. The molecule has 0 aromatic heterocycles. The van der Waals surface area contributed by atoms with E-state index in [2.05, 4.69) is 39.8 Å². The van der Waals surface area contributed by atoms with Crippen LogP contribution in [-0.4, -0.2) is 24.1 Å². The van der Waals surface area contributed by atoms with Gasteiger partial charge in [0.15, 0.2) is 5.78 Å². The molecule has 2 atom stereocenters. The summed E-state index contributed by atoms with van der Waals surface area (Å²) in [6.45, 7) is 11.6. The van der Waals surface area contributed by atoms with Gasteiger partial charge in [-0.25, -0.2) is 0 Å². The van der Waals surface area contributed by atoms with Gasteiger partial charge < -0.3 is 9.47 Å². The highest BCUT2D eigenvalue weighted by atomic mass is 16.5. The molecular weight excluding hydrogens is 312 g/mol. The lowest BCUT2D eigenvalue weighted by Crippen LogP contribution is -2.33. The second kappa shape index (κ2) is 11.2. The Morgan fingerprint density at radius 3 is 2.48 bits per heavy atom. The molecule has 0 N–H and O–H groups in total. The van der Waals surface area contributed by atoms with E-state index in [9.17, 15) is 4.79 Å². The molecule has 0 unspecified atom stereocenters. The summed E-state index contributed by atoms with van der Waals surface area (Å²) in [5.41, 5.74) is 0.991. The van der Waals surface area contributed by atoms with Gasteiger partial charge in [-0.1, -0.05) is 50.3 Å². The van der Waals surface area contributed by atoms with E-state index in [-0.39, 0.29) is 17.5 Å². The maximum atomic E-state index is 11.4. The predicted molar refractivity (Wildman–Crippen MR) is 104 cm³/mol. The third kappa shape index (κ3) is 10.2. The van der Waals surface area contributed by atoms with Gasteiger partial charge in [0, 0.05) is 12.3 Å². The Morgan fingerprint density at radius 2 is 1.88 bits per heavy atom. The van der Waals surface area contributed by atoms with E-state index in [0.29, 0.717) is 25.6 Å². The number of allylic oxidation sites excluding steroid dienone is 2. The molecule has 0 aliphatic carbocycles. The smallest absolute Gasteiger partial charge is 0.155 e. The number of hydrogen-bond acceptors (Lipinski definition) is 3. The Balaban J connectivity index is 2.49. The lowest BCUT2D eigenvalue weighted by Gasteiger charge is -2.31. The summed E-state index contributed by atoms with van der Waals surface area (Å²) in [5.74, 6) is 0.464. The molecule has 1 rings (SSSR count). The van der Waals surface area contributed by atoms with Crippen LogP contribution in [0.3, 0.4) is 0 Å². The van der Waals surface area contributed by atoms with Gasteiger partial charge in [0.1, 0.15) is 0 Å². The molecule has 0 radical (unpaired) electrons. The van der Waals surface area contributed by atoms with Gasteiger partial charge in [-0.05, 0) is 45.3 Å². The fraction of sp³-hybridized carbons (Fsp3) is 0.591. The van der Waals surface area contributed by atoms with Gasteiger partial charge in [-0.3, -0.25) is 4.79 Å². The molecular formula is C22H34O3. The molecule has 0 spiro atoms. The van der Waals surface area contributed by atoms with E-state index in [1.807, 2.05) is 31.2 Å². The van der Waals surface area contributed by atoms with Gasteiger partial charge in [-0.2, -0.15) is 0 Å². The van der Waals surface area contributed by atoms with Crippen LogP contribution in [-0.2, 0) is 20.9 Å². The molecule has 3 heteroatoms. The standard InChI is InChI=1S/C22H34O3/c1-6-20(23)14-10-11-15-21(25-22(3,4)5)18(2)16-24-17-19-12-8-7-9-13-19/h7-10,12-14,18,21H,6,11,15-17H2,1-5H3/b14-10+/t18-,21+/m1/s1. The van der Waals surface area contributed by atoms with Crippen molar-refractivity contribution in [2.45, 2.75) is 72.2 Å². The van der Waals surface area contributed by atoms with Crippen LogP contribution in [0.25, 0.3) is 0 Å². The minimum absolute atomic E-state index is 0.108. The summed E-state index contributed by atoms with van der Waals surface area (Å²) in [7, 11) is 0. The Labute approximate surface area is 153 Å². The van der Waals surface area contributed by atoms with Crippen LogP contribution >= 0.6 is 0 Å². The lowest BCUT2D eigenvalue weighted by atomic mass is 9.99. The van der Waals surface area contributed by atoms with Gasteiger partial charge in [0.25, 0.3) is 0 Å². The van der Waals surface area contributed by atoms with Crippen LogP contribution in [0, 0.1) is 5.92 Å². The second-order valence-corrected chi connectivity index (χ2v) is 7.55. The summed E-state index contributed by atoms with van der Waals surface area (Å²) in [6.07, 6.45) is 6.04. The third-order valence-electron chi connectivity index (χ3n) is 3.90. The molecule has 140 valence electrons. The van der Waals surface area contributed by atoms with Crippen molar-refractivity contribution in [2.24, 2.45) is 5.92 Å². The summed E-state index contributed by atoms with van der Waals surface area (Å²) in [4.78, 5) is 11.4. The molecule has 0 amide bonds. The molecule has 0 fully saturated rings. The molecule has 0 bridgehead atoms. The zero-order chi connectivity index (χ0) is 18.7. The second-order valence-electron chi connectivity index (χ2n) is 7.55. The Hall–Kier alpha value is -1.45. The van der Waals surface area contributed by atoms with Crippen LogP contribution in [0.4, 0.5) is 0 Å². The van der Waals surface area contributed by atoms with Crippen molar-refractivity contribution in [3.8, 4) is 0 Å². The number of carbonyl (C=O) groups excluding carboxylic acids is 1. The summed E-state index contributed by atoms with van der Waals surface area (Å²) >= 11 is 0. The van der Waals surface area contributed by atoms with E-state index in [0.717, 1.165) is 12.8 Å². The molecule has 1 aromatic rings. The van der Waals surface area contributed by atoms with Crippen molar-refractivity contribution in [1.82, 2.24) is 0 Å². The zero-order valence-electron chi connectivity index (χ0n) is 16.5.